The highest BCUT2D eigenvalue weighted by molar-refractivity contribution is 5.73. The Hall–Kier alpha value is -2.39. The molecular formula is C12H15N3O6. The molecule has 1 aromatic carbocycles. The Kier molecular flexibility index (Phi) is 4.24. The molecule has 2 unspecified atom stereocenters. The summed E-state index contributed by atoms with van der Waals surface area (Å²) in [5.41, 5.74) is 5.64. The summed E-state index contributed by atoms with van der Waals surface area (Å²) >= 11 is 0. The van der Waals surface area contributed by atoms with E-state index in [0.717, 1.165) is 0 Å². The number of nitrogens with zero attached hydrogens (tertiary/aromatic N) is 1. The second-order valence-electron chi connectivity index (χ2n) is 4.60. The van der Waals surface area contributed by atoms with Crippen molar-refractivity contribution in [2.24, 2.45) is 5.73 Å². The van der Waals surface area contributed by atoms with Crippen LogP contribution in [0.4, 0.5) is 5.69 Å². The van der Waals surface area contributed by atoms with Crippen molar-refractivity contribution in [2.45, 2.75) is 19.0 Å². The quantitative estimate of drug-likeness (QED) is 0.506. The predicted octanol–water partition coefficient (Wildman–Crippen LogP) is 0.386. The van der Waals surface area contributed by atoms with Crippen LogP contribution in [0.2, 0.25) is 0 Å². The van der Waals surface area contributed by atoms with Crippen LogP contribution >= 0.6 is 0 Å². The molecule has 4 N–H and O–H groups in total. The van der Waals surface area contributed by atoms with Crippen molar-refractivity contribution in [3.8, 4) is 11.5 Å². The van der Waals surface area contributed by atoms with E-state index in [0.29, 0.717) is 17.1 Å². The third-order valence-corrected chi connectivity index (χ3v) is 3.15. The Morgan fingerprint density at radius 2 is 2.14 bits per heavy atom. The average Bonchev–Trinajstić information content (AvgIpc) is 2.89. The van der Waals surface area contributed by atoms with Gasteiger partial charge < -0.3 is 25.6 Å². The Balaban J connectivity index is 2.21. The molecule has 1 heterocycles. The minimum Gasteiger partial charge on any atom is -0.480 e. The maximum atomic E-state index is 11.1. The fourth-order valence-corrected chi connectivity index (χ4v) is 1.95. The van der Waals surface area contributed by atoms with Crippen molar-refractivity contribution >= 4 is 11.7 Å². The number of nitrogens with one attached hydrogen (secondary N) is 1. The molecule has 0 spiro atoms. The zero-order chi connectivity index (χ0) is 15.6. The molecule has 114 valence electrons. The number of nitro benzene ring substituents is 1. The highest BCUT2D eigenvalue weighted by Gasteiger charge is 2.26. The number of aliphatic carboxylic acids is 1. The number of nitrogens with two attached hydrogens (primary N) is 1. The van der Waals surface area contributed by atoms with Gasteiger partial charge in [-0.15, -0.1) is 0 Å². The molecule has 0 radical (unpaired) electrons. The number of nitro groups is 1. The summed E-state index contributed by atoms with van der Waals surface area (Å²) in [4.78, 5) is 21.3. The second-order valence-corrected chi connectivity index (χ2v) is 4.60. The van der Waals surface area contributed by atoms with Crippen LogP contribution in [0, 0.1) is 10.1 Å². The molecule has 0 fully saturated rings. The van der Waals surface area contributed by atoms with Crippen molar-refractivity contribution in [3.63, 3.8) is 0 Å². The first-order valence-corrected chi connectivity index (χ1v) is 6.20. The average molecular weight is 297 g/mol. The molecule has 21 heavy (non-hydrogen) atoms. The van der Waals surface area contributed by atoms with Crippen LogP contribution in [0.15, 0.2) is 12.1 Å². The van der Waals surface area contributed by atoms with Gasteiger partial charge in [0.1, 0.15) is 6.04 Å². The van der Waals surface area contributed by atoms with E-state index in [9.17, 15) is 14.9 Å². The van der Waals surface area contributed by atoms with E-state index in [1.165, 1.54) is 12.1 Å². The van der Waals surface area contributed by atoms with Crippen molar-refractivity contribution < 1.29 is 24.3 Å². The summed E-state index contributed by atoms with van der Waals surface area (Å²) in [6, 6.07) is 1.27. The number of rotatable bonds is 6. The number of benzene rings is 1. The van der Waals surface area contributed by atoms with Gasteiger partial charge in [-0.3, -0.25) is 14.9 Å². The van der Waals surface area contributed by atoms with Crippen LogP contribution in [0.5, 0.6) is 11.5 Å². The third-order valence-electron chi connectivity index (χ3n) is 3.15. The minimum atomic E-state index is -1.14. The topological polar surface area (TPSA) is 137 Å². The van der Waals surface area contributed by atoms with Gasteiger partial charge in [0.05, 0.1) is 16.6 Å². The molecule has 0 aromatic heterocycles. The molecule has 2 atom stereocenters. The van der Waals surface area contributed by atoms with Gasteiger partial charge in [-0.2, -0.15) is 0 Å². The van der Waals surface area contributed by atoms with Crippen LogP contribution in [0.1, 0.15) is 18.5 Å². The highest BCUT2D eigenvalue weighted by Crippen LogP contribution is 2.39. The SMILES string of the molecule is CC(NCC(N)C(=O)O)c1cc2c(cc1[N+](=O)[O-])OCO2. The zero-order valence-electron chi connectivity index (χ0n) is 11.2. The van der Waals surface area contributed by atoms with Crippen molar-refractivity contribution in [3.05, 3.63) is 27.8 Å². The molecule has 0 saturated heterocycles. The van der Waals surface area contributed by atoms with Crippen LogP contribution in [0.25, 0.3) is 0 Å². The lowest BCUT2D eigenvalue weighted by Gasteiger charge is -2.16. The maximum absolute atomic E-state index is 11.1. The van der Waals surface area contributed by atoms with Gasteiger partial charge in [0, 0.05) is 12.6 Å². The monoisotopic (exact) mass is 297 g/mol. The van der Waals surface area contributed by atoms with Gasteiger partial charge in [-0.25, -0.2) is 0 Å². The molecule has 2 rings (SSSR count). The van der Waals surface area contributed by atoms with Gasteiger partial charge in [-0.1, -0.05) is 0 Å². The summed E-state index contributed by atoms with van der Waals surface area (Å²) in [5, 5.41) is 22.7. The molecule has 1 aromatic rings. The number of hydrogen-bond donors (Lipinski definition) is 3. The summed E-state index contributed by atoms with van der Waals surface area (Å²) in [6.07, 6.45) is 0. The normalized spacial score (nSPS) is 15.5. The molecule has 0 saturated carbocycles. The Morgan fingerprint density at radius 3 is 2.71 bits per heavy atom. The van der Waals surface area contributed by atoms with Crippen molar-refractivity contribution in [2.75, 3.05) is 13.3 Å². The minimum absolute atomic E-state index is 0.0118. The van der Waals surface area contributed by atoms with E-state index in [-0.39, 0.29) is 19.0 Å². The molecule has 1 aliphatic rings. The molecule has 0 bridgehead atoms. The number of carboxylic acid groups (broad SMARTS) is 1. The largest absolute Gasteiger partial charge is 0.480 e. The highest BCUT2D eigenvalue weighted by atomic mass is 16.7. The Labute approximate surface area is 119 Å². The summed E-state index contributed by atoms with van der Waals surface area (Å²) in [6.45, 7) is 1.68. The van der Waals surface area contributed by atoms with Gasteiger partial charge >= 0.3 is 5.97 Å². The first kappa shape index (κ1) is 15.0. The fourth-order valence-electron chi connectivity index (χ4n) is 1.95. The molecule has 9 nitrogen and oxygen atoms in total. The van der Waals surface area contributed by atoms with Gasteiger partial charge in [0.25, 0.3) is 5.69 Å². The second kappa shape index (κ2) is 5.94. The molecule has 0 amide bonds. The molecule has 9 heteroatoms. The summed E-state index contributed by atoms with van der Waals surface area (Å²) < 4.78 is 10.3. The van der Waals surface area contributed by atoms with Gasteiger partial charge in [0.15, 0.2) is 11.5 Å². The predicted molar refractivity (Wildman–Crippen MR) is 71.2 cm³/mol. The lowest BCUT2D eigenvalue weighted by Crippen LogP contribution is -2.41. The number of ether oxygens (including phenoxy) is 2. The van der Waals surface area contributed by atoms with E-state index in [2.05, 4.69) is 5.32 Å². The molecule has 1 aliphatic heterocycles. The van der Waals surface area contributed by atoms with E-state index in [1.807, 2.05) is 0 Å². The first-order chi connectivity index (χ1) is 9.90. The van der Waals surface area contributed by atoms with E-state index < -0.39 is 23.0 Å². The lowest BCUT2D eigenvalue weighted by molar-refractivity contribution is -0.385. The van der Waals surface area contributed by atoms with Crippen molar-refractivity contribution in [1.82, 2.24) is 5.32 Å². The van der Waals surface area contributed by atoms with Crippen LogP contribution in [-0.4, -0.2) is 35.4 Å². The van der Waals surface area contributed by atoms with Crippen molar-refractivity contribution in [1.29, 1.82) is 0 Å². The summed E-state index contributed by atoms with van der Waals surface area (Å²) in [7, 11) is 0. The summed E-state index contributed by atoms with van der Waals surface area (Å²) in [5.74, 6) is -0.401. The third kappa shape index (κ3) is 3.20. The molecule has 0 aliphatic carbocycles. The van der Waals surface area contributed by atoms with Crippen LogP contribution < -0.4 is 20.5 Å². The van der Waals surface area contributed by atoms with Gasteiger partial charge in [-0.05, 0) is 13.0 Å². The van der Waals surface area contributed by atoms with Crippen LogP contribution in [-0.2, 0) is 4.79 Å². The smallest absolute Gasteiger partial charge is 0.321 e. The zero-order valence-corrected chi connectivity index (χ0v) is 11.2. The first-order valence-electron chi connectivity index (χ1n) is 6.20. The lowest BCUT2D eigenvalue weighted by atomic mass is 10.0. The number of fused-ring (bicyclic) bond motifs is 1. The van der Waals surface area contributed by atoms with E-state index >= 15 is 0 Å². The number of carboxylic acids is 1. The Morgan fingerprint density at radius 1 is 1.52 bits per heavy atom. The van der Waals surface area contributed by atoms with E-state index in [1.54, 1.807) is 6.92 Å². The Bertz CT molecular complexity index is 576. The number of hydrogen-bond acceptors (Lipinski definition) is 7. The maximum Gasteiger partial charge on any atom is 0.321 e. The van der Waals surface area contributed by atoms with E-state index in [4.69, 9.17) is 20.3 Å². The number of carbonyl (C=O) groups is 1. The fraction of sp³-hybridized carbons (Fsp3) is 0.417. The standard InChI is InChI=1S/C12H15N3O6/c1-6(14-4-8(13)12(16)17)7-2-10-11(21-5-20-10)3-9(7)15(18)19/h2-3,6,8,14H,4-5,13H2,1H3,(H,16,17). The van der Waals surface area contributed by atoms with Gasteiger partial charge in [0.2, 0.25) is 6.79 Å². The van der Waals surface area contributed by atoms with Crippen LogP contribution in [0.3, 0.4) is 0 Å². The molecular weight excluding hydrogens is 282 g/mol.